The molecule has 0 bridgehead atoms. The predicted octanol–water partition coefficient (Wildman–Crippen LogP) is 3.12. The lowest BCUT2D eigenvalue weighted by atomic mass is 9.89. The van der Waals surface area contributed by atoms with Crippen LogP contribution in [0, 0.1) is 5.41 Å². The molecule has 2 atom stereocenters. The Balaban J connectivity index is 3.78. The van der Waals surface area contributed by atoms with Gasteiger partial charge in [-0.1, -0.05) is 33.8 Å². The van der Waals surface area contributed by atoms with Crippen molar-refractivity contribution in [2.75, 3.05) is 6.54 Å². The van der Waals surface area contributed by atoms with E-state index in [2.05, 4.69) is 39.6 Å². The van der Waals surface area contributed by atoms with Crippen LogP contribution in [0.2, 0.25) is 0 Å². The molecule has 16 heavy (non-hydrogen) atoms. The fourth-order valence-corrected chi connectivity index (χ4v) is 1.85. The molecule has 0 saturated carbocycles. The first-order chi connectivity index (χ1) is 7.39. The Morgan fingerprint density at radius 3 is 2.44 bits per heavy atom. The van der Waals surface area contributed by atoms with Crippen molar-refractivity contribution in [2.24, 2.45) is 5.41 Å². The average molecular weight is 227 g/mol. The topological polar surface area (TPSA) is 32.3 Å². The number of hydrogen-bond acceptors (Lipinski definition) is 2. The summed E-state index contributed by atoms with van der Waals surface area (Å²) in [5, 5.41) is 13.3. The van der Waals surface area contributed by atoms with Gasteiger partial charge in [0.2, 0.25) is 0 Å². The molecule has 2 nitrogen and oxygen atoms in total. The fourth-order valence-electron chi connectivity index (χ4n) is 1.85. The highest BCUT2D eigenvalue weighted by Crippen LogP contribution is 2.20. The smallest absolute Gasteiger partial charge is 0.0669 e. The molecule has 2 N–H and O–H groups in total. The van der Waals surface area contributed by atoms with Gasteiger partial charge in [-0.05, 0) is 31.1 Å². The Morgan fingerprint density at radius 2 is 2.00 bits per heavy atom. The molecule has 0 fully saturated rings. The van der Waals surface area contributed by atoms with Gasteiger partial charge in [-0.15, -0.1) is 6.58 Å². The van der Waals surface area contributed by atoms with E-state index in [0.717, 1.165) is 25.7 Å². The molecule has 0 aromatic heterocycles. The van der Waals surface area contributed by atoms with Gasteiger partial charge in [-0.25, -0.2) is 0 Å². The van der Waals surface area contributed by atoms with E-state index in [4.69, 9.17) is 0 Å². The highest BCUT2D eigenvalue weighted by molar-refractivity contribution is 4.76. The number of nitrogens with one attached hydrogen (secondary N) is 1. The molecule has 0 heterocycles. The van der Waals surface area contributed by atoms with E-state index in [1.165, 1.54) is 0 Å². The average Bonchev–Trinajstić information content (AvgIpc) is 2.15. The highest BCUT2D eigenvalue weighted by Gasteiger charge is 2.17. The summed E-state index contributed by atoms with van der Waals surface area (Å²) in [4.78, 5) is 0. The molecule has 0 spiro atoms. The molecular weight excluding hydrogens is 198 g/mol. The number of hydrogen-bond donors (Lipinski definition) is 2. The van der Waals surface area contributed by atoms with Crippen molar-refractivity contribution in [1.82, 2.24) is 5.32 Å². The van der Waals surface area contributed by atoms with Crippen LogP contribution in [-0.2, 0) is 0 Å². The number of aliphatic hydroxyl groups is 1. The fraction of sp³-hybridized carbons (Fsp3) is 0.857. The third-order valence-electron chi connectivity index (χ3n) is 2.70. The molecule has 2 unspecified atom stereocenters. The van der Waals surface area contributed by atoms with Gasteiger partial charge in [-0.2, -0.15) is 0 Å². The van der Waals surface area contributed by atoms with E-state index in [9.17, 15) is 5.11 Å². The summed E-state index contributed by atoms with van der Waals surface area (Å²) in [5.41, 5.74) is 0.198. The summed E-state index contributed by atoms with van der Waals surface area (Å²) in [6.07, 6.45) is 5.82. The van der Waals surface area contributed by atoms with E-state index in [0.29, 0.717) is 12.6 Å². The SMILES string of the molecule is C=CCCC(CC)NCC(O)CC(C)(C)C. The highest BCUT2D eigenvalue weighted by atomic mass is 16.3. The minimum Gasteiger partial charge on any atom is -0.392 e. The molecule has 0 amide bonds. The summed E-state index contributed by atoms with van der Waals surface area (Å²) >= 11 is 0. The molecule has 0 aromatic rings. The Kier molecular flexibility index (Phi) is 7.69. The lowest BCUT2D eigenvalue weighted by molar-refractivity contribution is 0.116. The van der Waals surface area contributed by atoms with Gasteiger partial charge in [-0.3, -0.25) is 0 Å². The molecule has 0 rings (SSSR count). The van der Waals surface area contributed by atoms with Crippen molar-refractivity contribution in [3.8, 4) is 0 Å². The lowest BCUT2D eigenvalue weighted by Gasteiger charge is -2.24. The van der Waals surface area contributed by atoms with E-state index < -0.39 is 0 Å². The summed E-state index contributed by atoms with van der Waals surface area (Å²) in [6, 6.07) is 0.507. The minimum absolute atomic E-state index is 0.198. The molecule has 0 aliphatic heterocycles. The van der Waals surface area contributed by atoms with Crippen molar-refractivity contribution in [3.63, 3.8) is 0 Å². The van der Waals surface area contributed by atoms with Crippen LogP contribution in [0.25, 0.3) is 0 Å². The van der Waals surface area contributed by atoms with E-state index in [-0.39, 0.29) is 11.5 Å². The van der Waals surface area contributed by atoms with Crippen molar-refractivity contribution in [3.05, 3.63) is 12.7 Å². The maximum Gasteiger partial charge on any atom is 0.0669 e. The molecular formula is C14H29NO. The maximum atomic E-state index is 9.87. The van der Waals surface area contributed by atoms with Crippen molar-refractivity contribution >= 4 is 0 Å². The van der Waals surface area contributed by atoms with E-state index in [1.54, 1.807) is 0 Å². The Hall–Kier alpha value is -0.340. The van der Waals surface area contributed by atoms with Gasteiger partial charge in [0.1, 0.15) is 0 Å². The van der Waals surface area contributed by atoms with Gasteiger partial charge < -0.3 is 10.4 Å². The first-order valence-electron chi connectivity index (χ1n) is 6.41. The lowest BCUT2D eigenvalue weighted by Crippen LogP contribution is -2.36. The van der Waals surface area contributed by atoms with Crippen LogP contribution in [0.4, 0.5) is 0 Å². The van der Waals surface area contributed by atoms with Crippen LogP contribution in [0.1, 0.15) is 53.4 Å². The summed E-state index contributed by atoms with van der Waals surface area (Å²) in [5.74, 6) is 0. The standard InChI is InChI=1S/C14H29NO/c1-6-8-9-12(7-2)15-11-13(16)10-14(3,4)5/h6,12-13,15-16H,1,7-11H2,2-5H3. The largest absolute Gasteiger partial charge is 0.392 e. The van der Waals surface area contributed by atoms with Crippen molar-refractivity contribution in [1.29, 1.82) is 0 Å². The second kappa shape index (κ2) is 7.86. The molecule has 96 valence electrons. The third kappa shape index (κ3) is 8.93. The van der Waals surface area contributed by atoms with Gasteiger partial charge in [0.25, 0.3) is 0 Å². The Morgan fingerprint density at radius 1 is 1.38 bits per heavy atom. The Labute approximate surface area is 101 Å². The second-order valence-corrected chi connectivity index (χ2v) is 5.80. The molecule has 0 aliphatic carbocycles. The summed E-state index contributed by atoms with van der Waals surface area (Å²) < 4.78 is 0. The van der Waals surface area contributed by atoms with Crippen LogP contribution in [0.15, 0.2) is 12.7 Å². The molecule has 0 radical (unpaired) electrons. The number of allylic oxidation sites excluding steroid dienone is 1. The van der Waals surface area contributed by atoms with Crippen molar-refractivity contribution < 1.29 is 5.11 Å². The first kappa shape index (κ1) is 15.7. The zero-order valence-electron chi connectivity index (χ0n) is 11.4. The van der Waals surface area contributed by atoms with Gasteiger partial charge in [0.05, 0.1) is 6.10 Å². The third-order valence-corrected chi connectivity index (χ3v) is 2.70. The zero-order valence-corrected chi connectivity index (χ0v) is 11.4. The van der Waals surface area contributed by atoms with E-state index >= 15 is 0 Å². The number of rotatable bonds is 8. The van der Waals surface area contributed by atoms with Gasteiger partial charge in [0.15, 0.2) is 0 Å². The zero-order chi connectivity index (χ0) is 12.6. The quantitative estimate of drug-likeness (QED) is 0.624. The van der Waals surface area contributed by atoms with Gasteiger partial charge in [0, 0.05) is 12.6 Å². The normalized spacial score (nSPS) is 15.8. The predicted molar refractivity (Wildman–Crippen MR) is 71.6 cm³/mol. The van der Waals surface area contributed by atoms with Crippen molar-refractivity contribution in [2.45, 2.75) is 65.5 Å². The maximum absolute atomic E-state index is 9.87. The van der Waals surface area contributed by atoms with Crippen LogP contribution in [-0.4, -0.2) is 23.8 Å². The minimum atomic E-state index is -0.238. The monoisotopic (exact) mass is 227 g/mol. The Bertz CT molecular complexity index is 184. The second-order valence-electron chi connectivity index (χ2n) is 5.80. The first-order valence-corrected chi connectivity index (χ1v) is 6.41. The number of aliphatic hydroxyl groups excluding tert-OH is 1. The summed E-state index contributed by atoms with van der Waals surface area (Å²) in [7, 11) is 0. The van der Waals surface area contributed by atoms with E-state index in [1.807, 2.05) is 6.08 Å². The van der Waals surface area contributed by atoms with Crippen LogP contribution in [0.5, 0.6) is 0 Å². The molecule has 0 aliphatic rings. The summed E-state index contributed by atoms with van der Waals surface area (Å²) in [6.45, 7) is 13.1. The van der Waals surface area contributed by atoms with Crippen LogP contribution >= 0.6 is 0 Å². The molecule has 2 heteroatoms. The van der Waals surface area contributed by atoms with Crippen LogP contribution < -0.4 is 5.32 Å². The van der Waals surface area contributed by atoms with Gasteiger partial charge >= 0.3 is 0 Å². The molecule has 0 aromatic carbocycles. The van der Waals surface area contributed by atoms with Crippen LogP contribution in [0.3, 0.4) is 0 Å². The molecule has 0 saturated heterocycles.